The van der Waals surface area contributed by atoms with E-state index in [1.807, 2.05) is 48.2 Å². The zero-order chi connectivity index (χ0) is 17.6. The second kappa shape index (κ2) is 7.85. The fourth-order valence-corrected chi connectivity index (χ4v) is 3.33. The van der Waals surface area contributed by atoms with Gasteiger partial charge in [0.25, 0.3) is 0 Å². The summed E-state index contributed by atoms with van der Waals surface area (Å²) in [5.41, 5.74) is 3.89. The summed E-state index contributed by atoms with van der Waals surface area (Å²) in [7, 11) is 0. The summed E-state index contributed by atoms with van der Waals surface area (Å²) >= 11 is 0. The topological polar surface area (TPSA) is 56.1 Å². The number of nitriles is 1. The van der Waals surface area contributed by atoms with Gasteiger partial charge in [-0.15, -0.1) is 0 Å². The number of anilines is 1. The highest BCUT2D eigenvalue weighted by atomic mass is 16.2. The van der Waals surface area contributed by atoms with Crippen molar-refractivity contribution in [1.82, 2.24) is 4.90 Å². The van der Waals surface area contributed by atoms with Gasteiger partial charge in [0.1, 0.15) is 0 Å². The summed E-state index contributed by atoms with van der Waals surface area (Å²) in [6.45, 7) is 3.29. The Balaban J connectivity index is 1.89. The van der Waals surface area contributed by atoms with Crippen LogP contribution in [0.3, 0.4) is 0 Å². The predicted molar refractivity (Wildman–Crippen MR) is 99.0 cm³/mol. The maximum absolute atomic E-state index is 12.7. The van der Waals surface area contributed by atoms with Crippen molar-refractivity contribution < 1.29 is 4.79 Å². The van der Waals surface area contributed by atoms with Crippen molar-refractivity contribution in [2.75, 3.05) is 11.9 Å². The molecule has 1 atom stereocenters. The number of rotatable bonds is 4. The molecule has 128 valence electrons. The largest absolute Gasteiger partial charge is 0.383 e. The number of amides is 1. The number of nitrogens with zero attached hydrogens (tertiary/aromatic N) is 2. The van der Waals surface area contributed by atoms with Gasteiger partial charge in [-0.05, 0) is 42.2 Å². The van der Waals surface area contributed by atoms with E-state index < -0.39 is 0 Å². The number of carbonyl (C=O) groups is 1. The maximum atomic E-state index is 12.7. The lowest BCUT2D eigenvalue weighted by Gasteiger charge is -2.30. The first kappa shape index (κ1) is 17.0. The Morgan fingerprint density at radius 1 is 1.28 bits per heavy atom. The van der Waals surface area contributed by atoms with E-state index >= 15 is 0 Å². The number of hydrogen-bond acceptors (Lipinski definition) is 3. The fourth-order valence-electron chi connectivity index (χ4n) is 3.33. The van der Waals surface area contributed by atoms with Crippen LogP contribution in [-0.2, 0) is 17.8 Å². The molecule has 0 bridgehead atoms. The summed E-state index contributed by atoms with van der Waals surface area (Å²) in [5.74, 6) is 0.181. The van der Waals surface area contributed by atoms with Gasteiger partial charge in [0.15, 0.2) is 0 Å². The van der Waals surface area contributed by atoms with Gasteiger partial charge in [-0.2, -0.15) is 5.26 Å². The molecule has 0 saturated carbocycles. The van der Waals surface area contributed by atoms with E-state index in [1.54, 1.807) is 0 Å². The monoisotopic (exact) mass is 333 g/mol. The van der Waals surface area contributed by atoms with Gasteiger partial charge in [0.2, 0.25) is 5.91 Å². The van der Waals surface area contributed by atoms with Gasteiger partial charge < -0.3 is 10.2 Å². The zero-order valence-electron chi connectivity index (χ0n) is 14.5. The third kappa shape index (κ3) is 4.00. The lowest BCUT2D eigenvalue weighted by Crippen LogP contribution is -2.43. The molecule has 1 aliphatic rings. The second-order valence-electron chi connectivity index (χ2n) is 6.48. The minimum absolute atomic E-state index is 0.0967. The van der Waals surface area contributed by atoms with E-state index in [0.29, 0.717) is 25.1 Å². The minimum Gasteiger partial charge on any atom is -0.383 e. The van der Waals surface area contributed by atoms with Crippen LogP contribution in [-0.4, -0.2) is 23.4 Å². The van der Waals surface area contributed by atoms with Crippen LogP contribution in [0.25, 0.3) is 0 Å². The van der Waals surface area contributed by atoms with Gasteiger partial charge in [0, 0.05) is 25.2 Å². The lowest BCUT2D eigenvalue weighted by molar-refractivity contribution is -0.133. The van der Waals surface area contributed by atoms with Crippen molar-refractivity contribution in [2.24, 2.45) is 0 Å². The van der Waals surface area contributed by atoms with Crippen molar-refractivity contribution in [2.45, 2.75) is 38.8 Å². The predicted octanol–water partition coefficient (Wildman–Crippen LogP) is 3.72. The molecule has 1 heterocycles. The molecule has 2 aromatic carbocycles. The van der Waals surface area contributed by atoms with Crippen molar-refractivity contribution in [3.63, 3.8) is 0 Å². The van der Waals surface area contributed by atoms with Gasteiger partial charge in [-0.25, -0.2) is 0 Å². The van der Waals surface area contributed by atoms with Crippen LogP contribution in [0.4, 0.5) is 5.69 Å². The molecule has 4 heteroatoms. The van der Waals surface area contributed by atoms with Crippen molar-refractivity contribution >= 4 is 11.6 Å². The molecule has 25 heavy (non-hydrogen) atoms. The lowest BCUT2D eigenvalue weighted by atomic mass is 10.0. The Labute approximate surface area is 149 Å². The first-order valence-corrected chi connectivity index (χ1v) is 8.81. The maximum Gasteiger partial charge on any atom is 0.223 e. The molecule has 0 radical (unpaired) electrons. The summed E-state index contributed by atoms with van der Waals surface area (Å²) in [4.78, 5) is 14.7. The van der Waals surface area contributed by atoms with E-state index in [9.17, 15) is 4.79 Å². The van der Waals surface area contributed by atoms with Crippen LogP contribution in [0.15, 0.2) is 48.5 Å². The Hall–Kier alpha value is -2.80. The molecule has 0 aromatic heterocycles. The Morgan fingerprint density at radius 3 is 2.80 bits per heavy atom. The van der Waals surface area contributed by atoms with Crippen LogP contribution in [0, 0.1) is 11.3 Å². The van der Waals surface area contributed by atoms with Gasteiger partial charge >= 0.3 is 0 Å². The summed E-state index contributed by atoms with van der Waals surface area (Å²) in [5, 5.41) is 12.6. The van der Waals surface area contributed by atoms with Gasteiger partial charge in [0.05, 0.1) is 17.7 Å². The smallest absolute Gasteiger partial charge is 0.223 e. The molecule has 1 amide bonds. The van der Waals surface area contributed by atoms with Gasteiger partial charge in [-0.3, -0.25) is 4.79 Å². The molecular formula is C21H23N3O. The third-order valence-corrected chi connectivity index (χ3v) is 4.64. The fraction of sp³-hybridized carbons (Fsp3) is 0.333. The molecule has 0 fully saturated rings. The van der Waals surface area contributed by atoms with E-state index in [1.165, 1.54) is 5.56 Å². The Bertz CT molecular complexity index is 779. The third-order valence-electron chi connectivity index (χ3n) is 4.64. The summed E-state index contributed by atoms with van der Waals surface area (Å²) in [6.07, 6.45) is 2.22. The Kier molecular flexibility index (Phi) is 5.35. The van der Waals surface area contributed by atoms with Crippen LogP contribution >= 0.6 is 0 Å². The summed E-state index contributed by atoms with van der Waals surface area (Å²) in [6, 6.07) is 18.2. The molecule has 2 aromatic rings. The SMILES string of the molecule is CCCC(=O)N1Cc2cc(C#N)ccc2NCC1Cc1ccccc1. The van der Waals surface area contributed by atoms with E-state index in [4.69, 9.17) is 5.26 Å². The zero-order valence-corrected chi connectivity index (χ0v) is 14.5. The first-order chi connectivity index (χ1) is 12.2. The van der Waals surface area contributed by atoms with E-state index in [0.717, 1.165) is 24.1 Å². The highest BCUT2D eigenvalue weighted by Gasteiger charge is 2.27. The molecule has 1 unspecified atom stereocenters. The van der Waals surface area contributed by atoms with E-state index in [2.05, 4.69) is 23.5 Å². The first-order valence-electron chi connectivity index (χ1n) is 8.81. The van der Waals surface area contributed by atoms with Crippen LogP contribution in [0.2, 0.25) is 0 Å². The van der Waals surface area contributed by atoms with Gasteiger partial charge in [-0.1, -0.05) is 37.3 Å². The summed E-state index contributed by atoms with van der Waals surface area (Å²) < 4.78 is 0. The van der Waals surface area contributed by atoms with Crippen molar-refractivity contribution in [3.05, 3.63) is 65.2 Å². The molecule has 3 rings (SSSR count). The average molecular weight is 333 g/mol. The standard InChI is InChI=1S/C21H23N3O/c1-2-6-21(25)24-15-18-11-17(13-22)9-10-20(18)23-14-19(24)12-16-7-4-3-5-8-16/h3-5,7-11,19,23H,2,6,12,14-15H2,1H3. The molecular weight excluding hydrogens is 310 g/mol. The Morgan fingerprint density at radius 2 is 2.08 bits per heavy atom. The van der Waals surface area contributed by atoms with Crippen molar-refractivity contribution in [1.29, 1.82) is 5.26 Å². The highest BCUT2D eigenvalue weighted by molar-refractivity contribution is 5.77. The average Bonchev–Trinajstić information content (AvgIpc) is 2.82. The molecule has 4 nitrogen and oxygen atoms in total. The molecule has 1 N–H and O–H groups in total. The number of hydrogen-bond donors (Lipinski definition) is 1. The van der Waals surface area contributed by atoms with Crippen LogP contribution in [0.1, 0.15) is 36.5 Å². The molecule has 0 aliphatic carbocycles. The number of benzene rings is 2. The minimum atomic E-state index is 0.0967. The van der Waals surface area contributed by atoms with Crippen LogP contribution < -0.4 is 5.32 Å². The highest BCUT2D eigenvalue weighted by Crippen LogP contribution is 2.26. The number of carbonyl (C=O) groups excluding carboxylic acids is 1. The van der Waals surface area contributed by atoms with Crippen LogP contribution in [0.5, 0.6) is 0 Å². The second-order valence-corrected chi connectivity index (χ2v) is 6.48. The van der Waals surface area contributed by atoms with E-state index in [-0.39, 0.29) is 11.9 Å². The molecule has 1 aliphatic heterocycles. The molecule has 0 spiro atoms. The van der Waals surface area contributed by atoms with Crippen molar-refractivity contribution in [3.8, 4) is 6.07 Å². The normalized spacial score (nSPS) is 16.3. The number of nitrogens with one attached hydrogen (secondary N) is 1. The molecule has 0 saturated heterocycles. The quantitative estimate of drug-likeness (QED) is 0.927. The number of fused-ring (bicyclic) bond motifs is 1.